The molecule has 0 amide bonds. The van der Waals surface area contributed by atoms with Crippen LogP contribution >= 0.6 is 0 Å². The van der Waals surface area contributed by atoms with Crippen LogP contribution in [-0.4, -0.2) is 27.5 Å². The Labute approximate surface area is 99.5 Å². The van der Waals surface area contributed by atoms with Crippen molar-refractivity contribution in [2.45, 2.75) is 24.6 Å². The summed E-state index contributed by atoms with van der Waals surface area (Å²) in [5.74, 6) is -2.21. The fourth-order valence-corrected chi connectivity index (χ4v) is 2.90. The standard InChI is InChI=1S/C11H13FO4S/c1-8-3-4-10(9(2)5-8)17(13,14)16-11(12)6-15-7-11/h3-5H,6-7H2,1-2H3. The fraction of sp³-hybridized carbons (Fsp3) is 0.455. The molecule has 1 heterocycles. The highest BCUT2D eigenvalue weighted by Crippen LogP contribution is 2.29. The normalized spacial score (nSPS) is 18.8. The summed E-state index contributed by atoms with van der Waals surface area (Å²) >= 11 is 0. The van der Waals surface area contributed by atoms with Crippen molar-refractivity contribution < 1.29 is 21.7 Å². The molecule has 1 aliphatic rings. The van der Waals surface area contributed by atoms with Crippen molar-refractivity contribution in [3.63, 3.8) is 0 Å². The molecule has 0 saturated carbocycles. The lowest BCUT2D eigenvalue weighted by Crippen LogP contribution is -2.49. The number of benzene rings is 1. The Balaban J connectivity index is 2.31. The molecule has 0 atom stereocenters. The Morgan fingerprint density at radius 3 is 2.47 bits per heavy atom. The van der Waals surface area contributed by atoms with Gasteiger partial charge in [-0.15, -0.1) is 0 Å². The van der Waals surface area contributed by atoms with Gasteiger partial charge in [0.2, 0.25) is 0 Å². The molecule has 0 aliphatic carbocycles. The summed E-state index contributed by atoms with van der Waals surface area (Å²) < 4.78 is 46.4. The monoisotopic (exact) mass is 260 g/mol. The third kappa shape index (κ3) is 2.48. The number of aryl methyl sites for hydroxylation is 2. The van der Waals surface area contributed by atoms with Crippen LogP contribution in [0.25, 0.3) is 0 Å². The van der Waals surface area contributed by atoms with Crippen LogP contribution in [0, 0.1) is 13.8 Å². The van der Waals surface area contributed by atoms with E-state index in [2.05, 4.69) is 8.92 Å². The van der Waals surface area contributed by atoms with Crippen LogP contribution in [0.3, 0.4) is 0 Å². The van der Waals surface area contributed by atoms with E-state index in [-0.39, 0.29) is 18.1 Å². The summed E-state index contributed by atoms with van der Waals surface area (Å²) in [4.78, 5) is -0.00738. The zero-order valence-corrected chi connectivity index (χ0v) is 10.4. The number of hydrogen-bond acceptors (Lipinski definition) is 4. The van der Waals surface area contributed by atoms with Gasteiger partial charge >= 0.3 is 0 Å². The molecule has 1 fully saturated rings. The van der Waals surface area contributed by atoms with E-state index in [0.29, 0.717) is 5.56 Å². The first-order valence-electron chi connectivity index (χ1n) is 5.12. The van der Waals surface area contributed by atoms with Gasteiger partial charge in [0, 0.05) is 0 Å². The first-order valence-corrected chi connectivity index (χ1v) is 6.53. The first kappa shape index (κ1) is 12.5. The van der Waals surface area contributed by atoms with E-state index in [1.54, 1.807) is 19.1 Å². The Hall–Kier alpha value is -0.980. The molecule has 0 aromatic heterocycles. The quantitative estimate of drug-likeness (QED) is 0.776. The van der Waals surface area contributed by atoms with Gasteiger partial charge in [-0.3, -0.25) is 0 Å². The summed E-state index contributed by atoms with van der Waals surface area (Å²) in [5.41, 5.74) is 1.47. The largest absolute Gasteiger partial charge is 0.369 e. The minimum atomic E-state index is -4.08. The van der Waals surface area contributed by atoms with Crippen LogP contribution in [0.4, 0.5) is 4.39 Å². The van der Waals surface area contributed by atoms with E-state index < -0.39 is 16.0 Å². The predicted octanol–water partition coefficient (Wildman–Crippen LogP) is 1.70. The summed E-state index contributed by atoms with van der Waals surface area (Å²) in [6, 6.07) is 4.77. The predicted molar refractivity (Wildman–Crippen MR) is 58.8 cm³/mol. The third-order valence-electron chi connectivity index (χ3n) is 2.49. The summed E-state index contributed by atoms with van der Waals surface area (Å²) in [7, 11) is -4.08. The van der Waals surface area contributed by atoms with Crippen LogP contribution in [0.1, 0.15) is 11.1 Å². The van der Waals surface area contributed by atoms with Crippen LogP contribution in [0.15, 0.2) is 23.1 Å². The average molecular weight is 260 g/mol. The topological polar surface area (TPSA) is 52.6 Å². The van der Waals surface area contributed by atoms with E-state index in [0.717, 1.165) is 5.56 Å². The zero-order chi connectivity index (χ0) is 12.7. The van der Waals surface area contributed by atoms with Gasteiger partial charge in [0.15, 0.2) is 0 Å². The Morgan fingerprint density at radius 1 is 1.35 bits per heavy atom. The lowest BCUT2D eigenvalue weighted by atomic mass is 10.2. The van der Waals surface area contributed by atoms with Crippen LogP contribution in [0.2, 0.25) is 0 Å². The average Bonchev–Trinajstić information content (AvgIpc) is 2.13. The van der Waals surface area contributed by atoms with Crippen molar-refractivity contribution >= 4 is 10.1 Å². The highest BCUT2D eigenvalue weighted by molar-refractivity contribution is 7.86. The minimum Gasteiger partial charge on any atom is -0.369 e. The molecule has 17 heavy (non-hydrogen) atoms. The number of ether oxygens (including phenoxy) is 1. The molecule has 0 bridgehead atoms. The highest BCUT2D eigenvalue weighted by atomic mass is 32.2. The van der Waals surface area contributed by atoms with Gasteiger partial charge < -0.3 is 4.74 Å². The molecular weight excluding hydrogens is 247 g/mol. The van der Waals surface area contributed by atoms with Gasteiger partial charge in [0.25, 0.3) is 16.0 Å². The van der Waals surface area contributed by atoms with Crippen molar-refractivity contribution in [2.24, 2.45) is 0 Å². The van der Waals surface area contributed by atoms with Crippen molar-refractivity contribution in [1.29, 1.82) is 0 Å². The maximum Gasteiger partial charge on any atom is 0.300 e. The summed E-state index contributed by atoms with van der Waals surface area (Å²) in [6.07, 6.45) is 0. The maximum absolute atomic E-state index is 13.6. The van der Waals surface area contributed by atoms with Gasteiger partial charge in [-0.1, -0.05) is 17.7 Å². The highest BCUT2D eigenvalue weighted by Gasteiger charge is 2.45. The Kier molecular flexibility index (Phi) is 2.97. The van der Waals surface area contributed by atoms with E-state index in [9.17, 15) is 12.8 Å². The molecule has 1 aromatic rings. The van der Waals surface area contributed by atoms with Gasteiger partial charge in [0.1, 0.15) is 13.2 Å². The third-order valence-corrected chi connectivity index (χ3v) is 4.01. The molecule has 6 heteroatoms. The molecule has 0 unspecified atom stereocenters. The van der Waals surface area contributed by atoms with Crippen molar-refractivity contribution in [3.8, 4) is 0 Å². The second-order valence-electron chi connectivity index (χ2n) is 4.18. The van der Waals surface area contributed by atoms with Crippen LogP contribution < -0.4 is 0 Å². The molecule has 1 saturated heterocycles. The maximum atomic E-state index is 13.6. The Bertz CT molecular complexity index is 534. The molecule has 2 rings (SSSR count). The van der Waals surface area contributed by atoms with Crippen LogP contribution in [0.5, 0.6) is 0 Å². The number of alkyl halides is 1. The first-order chi connectivity index (χ1) is 7.82. The molecule has 0 N–H and O–H groups in total. The van der Waals surface area contributed by atoms with E-state index in [1.165, 1.54) is 6.07 Å². The van der Waals surface area contributed by atoms with E-state index in [1.807, 2.05) is 6.92 Å². The Morgan fingerprint density at radius 2 is 2.00 bits per heavy atom. The zero-order valence-electron chi connectivity index (χ0n) is 9.57. The smallest absolute Gasteiger partial charge is 0.300 e. The number of hydrogen-bond donors (Lipinski definition) is 0. The molecule has 4 nitrogen and oxygen atoms in total. The molecular formula is C11H13FO4S. The van der Waals surface area contributed by atoms with Crippen molar-refractivity contribution in [1.82, 2.24) is 0 Å². The van der Waals surface area contributed by atoms with Gasteiger partial charge in [0.05, 0.1) is 4.90 Å². The van der Waals surface area contributed by atoms with Crippen LogP contribution in [-0.2, 0) is 19.0 Å². The summed E-state index contributed by atoms with van der Waals surface area (Å²) in [5, 5.41) is 0. The fourth-order valence-electron chi connectivity index (χ4n) is 1.63. The molecule has 1 aliphatic heterocycles. The molecule has 1 aromatic carbocycles. The summed E-state index contributed by atoms with van der Waals surface area (Å²) in [6.45, 7) is 2.79. The second-order valence-corrected chi connectivity index (χ2v) is 5.70. The lowest BCUT2D eigenvalue weighted by molar-refractivity contribution is -0.234. The SMILES string of the molecule is Cc1ccc(S(=O)(=O)OC2(F)COC2)c(C)c1. The second kappa shape index (κ2) is 4.04. The number of rotatable bonds is 3. The van der Waals surface area contributed by atoms with Crippen molar-refractivity contribution in [3.05, 3.63) is 29.3 Å². The number of halogens is 1. The van der Waals surface area contributed by atoms with Gasteiger partial charge in [-0.2, -0.15) is 8.42 Å². The lowest BCUT2D eigenvalue weighted by Gasteiger charge is -2.32. The van der Waals surface area contributed by atoms with E-state index >= 15 is 0 Å². The molecule has 94 valence electrons. The molecule has 0 spiro atoms. The molecule has 0 radical (unpaired) electrons. The minimum absolute atomic E-state index is 0.00738. The van der Waals surface area contributed by atoms with Gasteiger partial charge in [-0.05, 0) is 25.5 Å². The van der Waals surface area contributed by atoms with Gasteiger partial charge in [-0.25, -0.2) is 8.57 Å². The van der Waals surface area contributed by atoms with E-state index in [4.69, 9.17) is 0 Å². The van der Waals surface area contributed by atoms with Crippen molar-refractivity contribution in [2.75, 3.05) is 13.2 Å².